The van der Waals surface area contributed by atoms with Crippen molar-refractivity contribution in [1.29, 1.82) is 0 Å². The summed E-state index contributed by atoms with van der Waals surface area (Å²) in [5, 5.41) is 7.57. The standard InChI is InChI=1S/C2H7O2P.C2H6O.Al.3H/c1-2-5(3)4;1-2-3;;;;/h5H,2H2,1H3,(H,3,4);3H,2H2,1H3;;;;. The molecule has 2 N–H and O–H groups in total. The summed E-state index contributed by atoms with van der Waals surface area (Å²) in [5.74, 6) is 0. The van der Waals surface area contributed by atoms with Crippen LogP contribution in [0.4, 0.5) is 0 Å². The van der Waals surface area contributed by atoms with Crippen molar-refractivity contribution in [3.63, 3.8) is 0 Å². The summed E-state index contributed by atoms with van der Waals surface area (Å²) in [5.41, 5.74) is 0. The average molecular weight is 170 g/mol. The molecule has 0 fully saturated rings. The van der Waals surface area contributed by atoms with Crippen molar-refractivity contribution in [3.05, 3.63) is 0 Å². The Kier molecular flexibility index (Phi) is 28.8. The first-order valence-corrected chi connectivity index (χ1v) is 4.07. The van der Waals surface area contributed by atoms with Crippen LogP contribution in [0.25, 0.3) is 0 Å². The fraction of sp³-hybridized carbons (Fsp3) is 1.00. The topological polar surface area (TPSA) is 57.5 Å². The van der Waals surface area contributed by atoms with Gasteiger partial charge >= 0.3 is 0 Å². The second-order valence-electron chi connectivity index (χ2n) is 1.06. The Morgan fingerprint density at radius 2 is 1.56 bits per heavy atom. The fourth-order valence-electron chi connectivity index (χ4n) is 0. The first kappa shape index (κ1) is 16.3. The largest absolute Gasteiger partial charge is 0.397 e. The van der Waals surface area contributed by atoms with Crippen LogP contribution < -0.4 is 0 Å². The van der Waals surface area contributed by atoms with E-state index >= 15 is 0 Å². The van der Waals surface area contributed by atoms with Crippen LogP contribution in [-0.2, 0) is 4.57 Å². The number of aliphatic hydroxyl groups is 1. The van der Waals surface area contributed by atoms with E-state index in [2.05, 4.69) is 0 Å². The molecule has 0 radical (unpaired) electrons. The van der Waals surface area contributed by atoms with Crippen molar-refractivity contribution in [3.8, 4) is 0 Å². The molecule has 0 aliphatic heterocycles. The highest BCUT2D eigenvalue weighted by atomic mass is 31.1. The van der Waals surface area contributed by atoms with Crippen LogP contribution in [0.2, 0.25) is 0 Å². The molecule has 0 aromatic rings. The third-order valence-corrected chi connectivity index (χ3v) is 0.907. The number of hydrogen-bond acceptors (Lipinski definition) is 2. The summed E-state index contributed by atoms with van der Waals surface area (Å²) in [7, 11) is -2.12. The minimum absolute atomic E-state index is 0. The molecule has 9 heavy (non-hydrogen) atoms. The SMILES string of the molecule is CCO.CC[PH](=O)O.[AlH3]. The van der Waals surface area contributed by atoms with Crippen LogP contribution in [0.1, 0.15) is 13.8 Å². The third kappa shape index (κ3) is 53.9. The van der Waals surface area contributed by atoms with Gasteiger partial charge in [0.1, 0.15) is 0 Å². The molecular formula is C4H16AlO3P. The lowest BCUT2D eigenvalue weighted by molar-refractivity contribution is 0.318. The molecule has 0 spiro atoms. The molecule has 0 bridgehead atoms. The molecule has 0 aliphatic carbocycles. The lowest BCUT2D eigenvalue weighted by Crippen LogP contribution is -1.57. The third-order valence-electron chi connectivity index (χ3n) is 0.302. The average Bonchev–Trinajstić information content (AvgIpc) is 1.69. The van der Waals surface area contributed by atoms with Gasteiger partial charge in [0.25, 0.3) is 0 Å². The van der Waals surface area contributed by atoms with E-state index < -0.39 is 8.03 Å². The van der Waals surface area contributed by atoms with Crippen LogP contribution in [0.3, 0.4) is 0 Å². The Morgan fingerprint density at radius 1 is 1.44 bits per heavy atom. The summed E-state index contributed by atoms with van der Waals surface area (Å²) in [6, 6.07) is 0. The van der Waals surface area contributed by atoms with E-state index in [1.165, 1.54) is 0 Å². The Balaban J connectivity index is -0.0000000800. The van der Waals surface area contributed by atoms with Crippen molar-refractivity contribution in [2.24, 2.45) is 0 Å². The summed E-state index contributed by atoms with van der Waals surface area (Å²) < 4.78 is 9.55. The van der Waals surface area contributed by atoms with Gasteiger partial charge in [-0.2, -0.15) is 0 Å². The first-order valence-electron chi connectivity index (χ1n) is 2.51. The zero-order valence-corrected chi connectivity index (χ0v) is 6.22. The summed E-state index contributed by atoms with van der Waals surface area (Å²) >= 11 is 0. The Hall–Kier alpha value is 0.682. The highest BCUT2D eigenvalue weighted by molar-refractivity contribution is 7.37. The van der Waals surface area contributed by atoms with Gasteiger partial charge in [0.15, 0.2) is 25.4 Å². The van der Waals surface area contributed by atoms with Crippen molar-refractivity contribution in [2.75, 3.05) is 12.8 Å². The molecule has 0 saturated heterocycles. The monoisotopic (exact) mass is 170 g/mol. The molecule has 5 heteroatoms. The second kappa shape index (κ2) is 15.9. The minimum Gasteiger partial charge on any atom is -0.397 e. The lowest BCUT2D eigenvalue weighted by atomic mass is 10.9. The Morgan fingerprint density at radius 3 is 1.56 bits per heavy atom. The minimum atomic E-state index is -2.12. The fourth-order valence-corrected chi connectivity index (χ4v) is 0. The van der Waals surface area contributed by atoms with Crippen LogP contribution in [0.5, 0.6) is 0 Å². The molecule has 0 aromatic heterocycles. The first-order chi connectivity index (χ1) is 3.68. The molecule has 58 valence electrons. The molecule has 0 saturated carbocycles. The molecular weight excluding hydrogens is 154 g/mol. The number of hydrogen-bond donors (Lipinski definition) is 2. The maximum atomic E-state index is 9.55. The van der Waals surface area contributed by atoms with Crippen LogP contribution in [0.15, 0.2) is 0 Å². The number of rotatable bonds is 1. The normalized spacial score (nSPS) is 10.2. The van der Waals surface area contributed by atoms with Gasteiger partial charge in [-0.05, 0) is 6.92 Å². The van der Waals surface area contributed by atoms with Crippen molar-refractivity contribution >= 4 is 25.4 Å². The molecule has 1 atom stereocenters. The van der Waals surface area contributed by atoms with E-state index in [1.54, 1.807) is 13.8 Å². The van der Waals surface area contributed by atoms with Gasteiger partial charge in [-0.25, -0.2) is 0 Å². The van der Waals surface area contributed by atoms with Crippen molar-refractivity contribution in [2.45, 2.75) is 13.8 Å². The highest BCUT2D eigenvalue weighted by Gasteiger charge is 1.76. The zero-order chi connectivity index (χ0) is 6.99. The van der Waals surface area contributed by atoms with Crippen molar-refractivity contribution < 1.29 is 14.6 Å². The summed E-state index contributed by atoms with van der Waals surface area (Å²) in [6.07, 6.45) is 0.407. The summed E-state index contributed by atoms with van der Waals surface area (Å²) in [6.45, 7) is 3.61. The van der Waals surface area contributed by atoms with Crippen molar-refractivity contribution in [1.82, 2.24) is 0 Å². The molecule has 3 nitrogen and oxygen atoms in total. The maximum Gasteiger partial charge on any atom is 0.188 e. The maximum absolute atomic E-state index is 9.55. The van der Waals surface area contributed by atoms with Gasteiger partial charge in [-0.3, -0.25) is 4.57 Å². The van der Waals surface area contributed by atoms with Crippen LogP contribution in [-0.4, -0.2) is 40.1 Å². The highest BCUT2D eigenvalue weighted by Crippen LogP contribution is 2.08. The predicted molar refractivity (Wildman–Crippen MR) is 44.5 cm³/mol. The Labute approximate surface area is 67.1 Å². The van der Waals surface area contributed by atoms with Gasteiger partial charge in [0.05, 0.1) is 0 Å². The smallest absolute Gasteiger partial charge is 0.188 e. The quantitative estimate of drug-likeness (QED) is 0.403. The summed E-state index contributed by atoms with van der Waals surface area (Å²) in [4.78, 5) is 7.91. The molecule has 0 heterocycles. The lowest BCUT2D eigenvalue weighted by Gasteiger charge is -1.74. The molecule has 1 unspecified atom stereocenters. The van der Waals surface area contributed by atoms with Gasteiger partial charge in [-0.1, -0.05) is 6.92 Å². The zero-order valence-electron chi connectivity index (χ0n) is 5.22. The van der Waals surface area contributed by atoms with Gasteiger partial charge in [0.2, 0.25) is 0 Å². The van der Waals surface area contributed by atoms with Gasteiger partial charge < -0.3 is 10.00 Å². The predicted octanol–water partition coefficient (Wildman–Crippen LogP) is -0.712. The van der Waals surface area contributed by atoms with E-state index in [4.69, 9.17) is 10.00 Å². The molecule has 0 amide bonds. The second-order valence-corrected chi connectivity index (χ2v) is 2.56. The molecule has 0 aromatic carbocycles. The Bertz CT molecular complexity index is 59.8. The molecule has 0 rings (SSSR count). The van der Waals surface area contributed by atoms with Gasteiger partial charge in [0, 0.05) is 12.8 Å². The number of aliphatic hydroxyl groups excluding tert-OH is 1. The van der Waals surface area contributed by atoms with E-state index in [0.29, 0.717) is 6.16 Å². The van der Waals surface area contributed by atoms with Gasteiger partial charge in [-0.15, -0.1) is 0 Å². The van der Waals surface area contributed by atoms with E-state index in [0.717, 1.165) is 0 Å². The van der Waals surface area contributed by atoms with E-state index in [1.807, 2.05) is 0 Å². The van der Waals surface area contributed by atoms with E-state index in [9.17, 15) is 4.57 Å². The van der Waals surface area contributed by atoms with Crippen LogP contribution >= 0.6 is 8.03 Å². The molecule has 0 aliphatic rings. The van der Waals surface area contributed by atoms with Crippen LogP contribution in [0, 0.1) is 0 Å². The van der Waals surface area contributed by atoms with E-state index in [-0.39, 0.29) is 24.0 Å².